The molecule has 0 aromatic heterocycles. The molecule has 1 atom stereocenters. The van der Waals surface area contributed by atoms with Gasteiger partial charge in [-0.15, -0.1) is 0 Å². The zero-order valence-corrected chi connectivity index (χ0v) is 17.4. The Balaban J connectivity index is 1.68. The fraction of sp³-hybridized carbons (Fsp3) is 0.458. The number of fused-ring (bicyclic) bond motifs is 1. The van der Waals surface area contributed by atoms with Crippen LogP contribution >= 0.6 is 0 Å². The largest absolute Gasteiger partial charge is 0.491 e. The minimum atomic E-state index is -0.355. The van der Waals surface area contributed by atoms with Gasteiger partial charge in [0.25, 0.3) is 0 Å². The number of carbonyl (C=O) groups excluding carboxylic acids is 1. The van der Waals surface area contributed by atoms with Gasteiger partial charge in [-0.1, -0.05) is 47.5 Å². The van der Waals surface area contributed by atoms with Gasteiger partial charge >= 0.3 is 0 Å². The molecule has 1 fully saturated rings. The van der Waals surface area contributed by atoms with Crippen molar-refractivity contribution in [3.63, 3.8) is 0 Å². The number of amides is 1. The second-order valence-electron chi connectivity index (χ2n) is 8.72. The van der Waals surface area contributed by atoms with E-state index in [1.54, 1.807) is 0 Å². The summed E-state index contributed by atoms with van der Waals surface area (Å²) in [6.07, 6.45) is 1.86. The van der Waals surface area contributed by atoms with E-state index in [4.69, 9.17) is 4.74 Å². The molecule has 0 spiro atoms. The zero-order chi connectivity index (χ0) is 19.9. The first kappa shape index (κ1) is 19.0. The van der Waals surface area contributed by atoms with Crippen molar-refractivity contribution < 1.29 is 9.53 Å². The highest BCUT2D eigenvalue weighted by Crippen LogP contribution is 2.50. The molecule has 0 N–H and O–H groups in total. The molecule has 1 aliphatic heterocycles. The van der Waals surface area contributed by atoms with Gasteiger partial charge in [0.2, 0.25) is 5.91 Å². The van der Waals surface area contributed by atoms with Crippen molar-refractivity contribution in [1.29, 1.82) is 0 Å². The van der Waals surface area contributed by atoms with E-state index in [-0.39, 0.29) is 17.4 Å². The Labute approximate surface area is 168 Å². The van der Waals surface area contributed by atoms with Gasteiger partial charge in [-0.05, 0) is 52.4 Å². The number of hydrogen-bond acceptors (Lipinski definition) is 3. The van der Waals surface area contributed by atoms with Crippen LogP contribution in [-0.4, -0.2) is 49.0 Å². The third-order valence-electron chi connectivity index (χ3n) is 6.03. The molecular weight excluding hydrogens is 348 g/mol. The van der Waals surface area contributed by atoms with E-state index in [0.29, 0.717) is 13.2 Å². The molecule has 2 aliphatic rings. The second-order valence-corrected chi connectivity index (χ2v) is 8.72. The van der Waals surface area contributed by atoms with Crippen LogP contribution in [0.15, 0.2) is 42.5 Å². The third kappa shape index (κ3) is 3.53. The summed E-state index contributed by atoms with van der Waals surface area (Å²) in [7, 11) is 4.11. The number of aryl methyl sites for hydroxylation is 2. The Kier molecular flexibility index (Phi) is 4.92. The number of rotatable bonds is 4. The van der Waals surface area contributed by atoms with Crippen LogP contribution < -0.4 is 4.74 Å². The third-order valence-corrected chi connectivity index (χ3v) is 6.03. The van der Waals surface area contributed by atoms with E-state index in [1.807, 2.05) is 6.07 Å². The molecule has 1 amide bonds. The van der Waals surface area contributed by atoms with Crippen LogP contribution in [0.1, 0.15) is 35.1 Å². The molecule has 148 valence electrons. The van der Waals surface area contributed by atoms with Crippen molar-refractivity contribution in [3.05, 3.63) is 64.7 Å². The van der Waals surface area contributed by atoms with Gasteiger partial charge in [-0.25, -0.2) is 0 Å². The van der Waals surface area contributed by atoms with Gasteiger partial charge in [0.05, 0.1) is 11.5 Å². The molecule has 1 unspecified atom stereocenters. The van der Waals surface area contributed by atoms with Gasteiger partial charge in [0.1, 0.15) is 12.4 Å². The number of benzene rings is 2. The molecule has 4 nitrogen and oxygen atoms in total. The summed E-state index contributed by atoms with van der Waals surface area (Å²) in [5.41, 5.74) is 4.33. The lowest BCUT2D eigenvalue weighted by atomic mass is 9.92. The quantitative estimate of drug-likeness (QED) is 0.814. The van der Waals surface area contributed by atoms with Gasteiger partial charge in [-0.3, -0.25) is 4.79 Å². The maximum atomic E-state index is 13.9. The molecule has 2 aromatic carbocycles. The number of hydrogen-bond donors (Lipinski definition) is 0. The predicted octanol–water partition coefficient (Wildman–Crippen LogP) is 3.69. The van der Waals surface area contributed by atoms with Crippen LogP contribution in [-0.2, 0) is 16.8 Å². The molecule has 28 heavy (non-hydrogen) atoms. The van der Waals surface area contributed by atoms with E-state index in [9.17, 15) is 4.79 Å². The molecule has 2 aromatic rings. The SMILES string of the molecule is Cc1ccc(C2(C(=O)N3Cc4cc(C)ccc4OCC3CN(C)C)CC2)cc1. The van der Waals surface area contributed by atoms with E-state index in [0.717, 1.165) is 36.3 Å². The lowest BCUT2D eigenvalue weighted by molar-refractivity contribution is -0.137. The molecule has 0 radical (unpaired) electrons. The maximum Gasteiger partial charge on any atom is 0.233 e. The lowest BCUT2D eigenvalue weighted by Crippen LogP contribution is -2.50. The Morgan fingerprint density at radius 1 is 1.11 bits per heavy atom. The summed E-state index contributed by atoms with van der Waals surface area (Å²) in [5.74, 6) is 1.16. The average Bonchev–Trinajstić information content (AvgIpc) is 3.47. The van der Waals surface area contributed by atoms with Crippen LogP contribution in [0.25, 0.3) is 0 Å². The molecule has 4 heteroatoms. The fourth-order valence-corrected chi connectivity index (χ4v) is 4.27. The summed E-state index contributed by atoms with van der Waals surface area (Å²) in [6.45, 7) is 6.11. The Morgan fingerprint density at radius 3 is 2.43 bits per heavy atom. The minimum absolute atomic E-state index is 0.0399. The highest BCUT2D eigenvalue weighted by molar-refractivity contribution is 5.91. The summed E-state index contributed by atoms with van der Waals surface area (Å²) in [4.78, 5) is 18.1. The first-order chi connectivity index (χ1) is 13.4. The molecular formula is C24H30N2O2. The Hall–Kier alpha value is -2.33. The highest BCUT2D eigenvalue weighted by Gasteiger charge is 2.54. The standard InChI is InChI=1S/C24H30N2O2/c1-17-5-8-20(9-6-17)24(11-12-24)23(27)26-14-19-13-18(2)7-10-22(19)28-16-21(26)15-25(3)4/h5-10,13,21H,11-12,14-16H2,1-4H3. The molecule has 0 saturated heterocycles. The summed E-state index contributed by atoms with van der Waals surface area (Å²) in [6, 6.07) is 14.8. The molecule has 1 aliphatic carbocycles. The normalized spacial score (nSPS) is 20.3. The molecule has 1 heterocycles. The van der Waals surface area contributed by atoms with Gasteiger partial charge in [0.15, 0.2) is 0 Å². The van der Waals surface area contributed by atoms with Crippen molar-refractivity contribution in [2.75, 3.05) is 27.2 Å². The number of ether oxygens (including phenoxy) is 1. The molecule has 1 saturated carbocycles. The zero-order valence-electron chi connectivity index (χ0n) is 17.4. The van der Waals surface area contributed by atoms with E-state index in [2.05, 4.69) is 74.1 Å². The number of likely N-dealkylation sites (N-methyl/N-ethyl adjacent to an activating group) is 1. The summed E-state index contributed by atoms with van der Waals surface area (Å²) < 4.78 is 6.13. The van der Waals surface area contributed by atoms with E-state index >= 15 is 0 Å². The van der Waals surface area contributed by atoms with Gasteiger partial charge in [-0.2, -0.15) is 0 Å². The highest BCUT2D eigenvalue weighted by atomic mass is 16.5. The fourth-order valence-electron chi connectivity index (χ4n) is 4.27. The summed E-state index contributed by atoms with van der Waals surface area (Å²) in [5, 5.41) is 0. The second kappa shape index (κ2) is 7.25. The lowest BCUT2D eigenvalue weighted by Gasteiger charge is -2.34. The van der Waals surface area contributed by atoms with Crippen molar-refractivity contribution in [2.45, 2.75) is 44.7 Å². The first-order valence-corrected chi connectivity index (χ1v) is 10.1. The predicted molar refractivity (Wildman–Crippen MR) is 112 cm³/mol. The van der Waals surface area contributed by atoms with Crippen molar-refractivity contribution in [2.24, 2.45) is 0 Å². The number of carbonyl (C=O) groups is 1. The smallest absolute Gasteiger partial charge is 0.233 e. The molecule has 4 rings (SSSR count). The monoisotopic (exact) mass is 378 g/mol. The van der Waals surface area contributed by atoms with Crippen LogP contribution in [0.4, 0.5) is 0 Å². The van der Waals surface area contributed by atoms with Crippen LogP contribution in [0.5, 0.6) is 5.75 Å². The van der Waals surface area contributed by atoms with Crippen LogP contribution in [0.3, 0.4) is 0 Å². The minimum Gasteiger partial charge on any atom is -0.491 e. The summed E-state index contributed by atoms with van der Waals surface area (Å²) >= 11 is 0. The van der Waals surface area contributed by atoms with Gasteiger partial charge in [0, 0.05) is 18.7 Å². The van der Waals surface area contributed by atoms with E-state index in [1.165, 1.54) is 11.1 Å². The van der Waals surface area contributed by atoms with Crippen LogP contribution in [0.2, 0.25) is 0 Å². The molecule has 0 bridgehead atoms. The first-order valence-electron chi connectivity index (χ1n) is 10.1. The van der Waals surface area contributed by atoms with Crippen LogP contribution in [0, 0.1) is 13.8 Å². The Bertz CT molecular complexity index is 869. The Morgan fingerprint density at radius 2 is 1.79 bits per heavy atom. The van der Waals surface area contributed by atoms with Gasteiger partial charge < -0.3 is 14.5 Å². The maximum absolute atomic E-state index is 13.9. The number of nitrogens with zero attached hydrogens (tertiary/aromatic N) is 2. The van der Waals surface area contributed by atoms with E-state index < -0.39 is 0 Å². The average molecular weight is 379 g/mol. The topological polar surface area (TPSA) is 32.8 Å². The van der Waals surface area contributed by atoms with Crippen molar-refractivity contribution in [1.82, 2.24) is 9.80 Å². The van der Waals surface area contributed by atoms with Crippen molar-refractivity contribution in [3.8, 4) is 5.75 Å². The van der Waals surface area contributed by atoms with Crippen molar-refractivity contribution >= 4 is 5.91 Å².